The fourth-order valence-electron chi connectivity index (χ4n) is 0.636. The summed E-state index contributed by atoms with van der Waals surface area (Å²) in [4.78, 5) is 11.1. The molecule has 0 fully saturated rings. The summed E-state index contributed by atoms with van der Waals surface area (Å²) in [6.45, 7) is 3.31. The molecule has 0 unspecified atom stereocenters. The third-order valence-corrected chi connectivity index (χ3v) is 1.63. The lowest BCUT2D eigenvalue weighted by Crippen LogP contribution is -1.98. The van der Waals surface area contributed by atoms with Gasteiger partial charge in [0.2, 0.25) is 0 Å². The number of ketones is 1. The Labute approximate surface area is 79.0 Å². The van der Waals surface area contributed by atoms with E-state index in [2.05, 4.69) is 16.8 Å². The highest BCUT2D eigenvalue weighted by atomic mass is 35.5. The van der Waals surface area contributed by atoms with Crippen LogP contribution in [0.4, 0.5) is 0 Å². The maximum absolute atomic E-state index is 11.1. The summed E-state index contributed by atoms with van der Waals surface area (Å²) in [6.07, 6.45) is 1.14. The number of carbonyl (C=O) groups excluding carboxylic acids is 1. The predicted molar refractivity (Wildman–Crippen MR) is 46.6 cm³/mol. The highest BCUT2D eigenvalue weighted by molar-refractivity contribution is 6.34. The monoisotopic (exact) mass is 202 g/mol. The van der Waals surface area contributed by atoms with E-state index in [1.165, 1.54) is 6.07 Å². The molecule has 0 saturated heterocycles. The van der Waals surface area contributed by atoms with Crippen LogP contribution in [0.1, 0.15) is 10.4 Å². The molecule has 1 aromatic rings. The van der Waals surface area contributed by atoms with E-state index in [9.17, 15) is 4.79 Å². The molecular weight excluding hydrogens is 199 g/mol. The number of carbonyl (C=O) groups is 1. The van der Waals surface area contributed by atoms with E-state index in [0.717, 1.165) is 6.08 Å². The van der Waals surface area contributed by atoms with Gasteiger partial charge in [-0.15, -0.1) is 10.2 Å². The minimum Gasteiger partial charge on any atom is -0.289 e. The van der Waals surface area contributed by atoms with Gasteiger partial charge in [0.05, 0.1) is 5.56 Å². The first-order chi connectivity index (χ1) is 5.65. The highest BCUT2D eigenvalue weighted by Crippen LogP contribution is 2.15. The normalized spacial score (nSPS) is 9.50. The summed E-state index contributed by atoms with van der Waals surface area (Å²) in [7, 11) is 0. The van der Waals surface area contributed by atoms with Gasteiger partial charge in [0, 0.05) is 0 Å². The zero-order valence-electron chi connectivity index (χ0n) is 5.92. The topological polar surface area (TPSA) is 42.9 Å². The molecule has 0 bridgehead atoms. The SMILES string of the molecule is C=CC(=O)c1cc(Cl)nnc1Cl. The molecule has 0 aliphatic heterocycles. The quantitative estimate of drug-likeness (QED) is 0.546. The summed E-state index contributed by atoms with van der Waals surface area (Å²) >= 11 is 11.1. The molecular formula is C7H4Cl2N2O. The van der Waals surface area contributed by atoms with Crippen LogP contribution in [0.3, 0.4) is 0 Å². The van der Waals surface area contributed by atoms with E-state index in [1.807, 2.05) is 0 Å². The van der Waals surface area contributed by atoms with Gasteiger partial charge < -0.3 is 0 Å². The zero-order chi connectivity index (χ0) is 9.14. The average Bonchev–Trinajstić information content (AvgIpc) is 2.08. The first-order valence-electron chi connectivity index (χ1n) is 3.00. The van der Waals surface area contributed by atoms with Crippen molar-refractivity contribution in [2.75, 3.05) is 0 Å². The highest BCUT2D eigenvalue weighted by Gasteiger charge is 2.09. The van der Waals surface area contributed by atoms with Crippen LogP contribution in [0.15, 0.2) is 18.7 Å². The Morgan fingerprint density at radius 1 is 1.50 bits per heavy atom. The molecule has 12 heavy (non-hydrogen) atoms. The van der Waals surface area contributed by atoms with Crippen molar-refractivity contribution < 1.29 is 4.79 Å². The van der Waals surface area contributed by atoms with Gasteiger partial charge in [0.15, 0.2) is 16.1 Å². The van der Waals surface area contributed by atoms with Crippen molar-refractivity contribution in [3.05, 3.63) is 34.6 Å². The zero-order valence-corrected chi connectivity index (χ0v) is 7.43. The van der Waals surface area contributed by atoms with Gasteiger partial charge in [-0.3, -0.25) is 4.79 Å². The molecule has 5 heteroatoms. The van der Waals surface area contributed by atoms with E-state index < -0.39 is 0 Å². The van der Waals surface area contributed by atoms with E-state index in [4.69, 9.17) is 23.2 Å². The van der Waals surface area contributed by atoms with Crippen LogP contribution in [0.25, 0.3) is 0 Å². The molecule has 3 nitrogen and oxygen atoms in total. The molecule has 0 aliphatic rings. The smallest absolute Gasteiger partial charge is 0.188 e. The summed E-state index contributed by atoms with van der Waals surface area (Å²) in [5.74, 6) is -0.322. The second-order valence-electron chi connectivity index (χ2n) is 1.94. The van der Waals surface area contributed by atoms with Gasteiger partial charge in [0.25, 0.3) is 0 Å². The lowest BCUT2D eigenvalue weighted by Gasteiger charge is -1.96. The minimum atomic E-state index is -0.322. The van der Waals surface area contributed by atoms with Crippen molar-refractivity contribution >= 4 is 29.0 Å². The maximum Gasteiger partial charge on any atom is 0.188 e. The van der Waals surface area contributed by atoms with Gasteiger partial charge >= 0.3 is 0 Å². The lowest BCUT2D eigenvalue weighted by molar-refractivity contribution is 0.104. The summed E-state index contributed by atoms with van der Waals surface area (Å²) in [5.41, 5.74) is 0.215. The molecule has 0 atom stereocenters. The summed E-state index contributed by atoms with van der Waals surface area (Å²) < 4.78 is 0. The van der Waals surface area contributed by atoms with Gasteiger partial charge in [-0.1, -0.05) is 29.8 Å². The first kappa shape index (κ1) is 9.16. The lowest BCUT2D eigenvalue weighted by atomic mass is 10.2. The first-order valence-corrected chi connectivity index (χ1v) is 3.76. The van der Waals surface area contributed by atoms with Crippen LogP contribution < -0.4 is 0 Å². The largest absolute Gasteiger partial charge is 0.289 e. The van der Waals surface area contributed by atoms with Gasteiger partial charge in [-0.05, 0) is 12.1 Å². The minimum absolute atomic E-state index is 0.0318. The second-order valence-corrected chi connectivity index (χ2v) is 2.69. The molecule has 0 spiro atoms. The van der Waals surface area contributed by atoms with Crippen molar-refractivity contribution in [1.29, 1.82) is 0 Å². The summed E-state index contributed by atoms with van der Waals surface area (Å²) in [5, 5.41) is 7.08. The predicted octanol–water partition coefficient (Wildman–Crippen LogP) is 2.15. The van der Waals surface area contributed by atoms with Crippen LogP contribution in [0, 0.1) is 0 Å². The molecule has 0 radical (unpaired) electrons. The number of allylic oxidation sites excluding steroid dienone is 1. The van der Waals surface area contributed by atoms with Crippen LogP contribution in [0.2, 0.25) is 10.3 Å². The number of halogens is 2. The van der Waals surface area contributed by atoms with Gasteiger partial charge in [0.1, 0.15) is 0 Å². The maximum atomic E-state index is 11.1. The standard InChI is InChI=1S/C7H4Cl2N2O/c1-2-5(12)4-3-6(8)10-11-7(4)9/h2-3H,1H2. The Morgan fingerprint density at radius 3 is 2.75 bits per heavy atom. The van der Waals surface area contributed by atoms with E-state index in [1.54, 1.807) is 0 Å². The van der Waals surface area contributed by atoms with Gasteiger partial charge in [-0.25, -0.2) is 0 Å². The molecule has 62 valence electrons. The third kappa shape index (κ3) is 1.81. The molecule has 1 aromatic heterocycles. The Hall–Kier alpha value is -0.930. The van der Waals surface area contributed by atoms with Crippen LogP contribution in [-0.2, 0) is 0 Å². The molecule has 0 saturated carbocycles. The number of rotatable bonds is 2. The molecule has 0 aromatic carbocycles. The van der Waals surface area contributed by atoms with E-state index >= 15 is 0 Å². The number of hydrogen-bond donors (Lipinski definition) is 0. The molecule has 1 rings (SSSR count). The number of aromatic nitrogens is 2. The Kier molecular flexibility index (Phi) is 2.78. The van der Waals surface area contributed by atoms with Crippen molar-refractivity contribution in [3.63, 3.8) is 0 Å². The molecule has 0 amide bonds. The van der Waals surface area contributed by atoms with Crippen molar-refractivity contribution in [3.8, 4) is 0 Å². The number of hydrogen-bond acceptors (Lipinski definition) is 3. The molecule has 0 aliphatic carbocycles. The molecule has 1 heterocycles. The Bertz CT molecular complexity index is 338. The van der Waals surface area contributed by atoms with E-state index in [0.29, 0.717) is 0 Å². The van der Waals surface area contributed by atoms with E-state index in [-0.39, 0.29) is 21.7 Å². The fraction of sp³-hybridized carbons (Fsp3) is 0. The van der Waals surface area contributed by atoms with Gasteiger partial charge in [-0.2, -0.15) is 0 Å². The average molecular weight is 203 g/mol. The number of nitrogens with zero attached hydrogens (tertiary/aromatic N) is 2. The fourth-order valence-corrected chi connectivity index (χ4v) is 0.968. The van der Waals surface area contributed by atoms with Crippen molar-refractivity contribution in [2.24, 2.45) is 0 Å². The van der Waals surface area contributed by atoms with Crippen LogP contribution >= 0.6 is 23.2 Å². The Balaban J connectivity index is 3.22. The third-order valence-electron chi connectivity index (χ3n) is 1.17. The summed E-state index contributed by atoms with van der Waals surface area (Å²) in [6, 6.07) is 1.35. The van der Waals surface area contributed by atoms with Crippen LogP contribution in [-0.4, -0.2) is 16.0 Å². The Morgan fingerprint density at radius 2 is 2.17 bits per heavy atom. The molecule has 0 N–H and O–H groups in total. The van der Waals surface area contributed by atoms with Crippen molar-refractivity contribution in [2.45, 2.75) is 0 Å². The van der Waals surface area contributed by atoms with Crippen LogP contribution in [0.5, 0.6) is 0 Å². The van der Waals surface area contributed by atoms with Crippen molar-refractivity contribution in [1.82, 2.24) is 10.2 Å². The second kappa shape index (κ2) is 3.65.